The zero-order chi connectivity index (χ0) is 18.4. The molecule has 5 nitrogen and oxygen atoms in total. The summed E-state index contributed by atoms with van der Waals surface area (Å²) in [5, 5.41) is 3.02. The van der Waals surface area contributed by atoms with Crippen LogP contribution < -0.4 is 10.2 Å². The number of carbonyl (C=O) groups is 1. The monoisotopic (exact) mass is 356 g/mol. The summed E-state index contributed by atoms with van der Waals surface area (Å²) in [5.41, 5.74) is 3.62. The number of amides is 2. The van der Waals surface area contributed by atoms with Gasteiger partial charge in [-0.15, -0.1) is 0 Å². The molecule has 3 rings (SSSR count). The molecule has 0 aromatic heterocycles. The lowest BCUT2D eigenvalue weighted by atomic mass is 9.97. The summed E-state index contributed by atoms with van der Waals surface area (Å²) in [6.07, 6.45) is 8.90. The molecule has 2 aliphatic rings. The summed E-state index contributed by atoms with van der Waals surface area (Å²) in [6.45, 7) is 4.69. The van der Waals surface area contributed by atoms with Gasteiger partial charge in [0.2, 0.25) is 0 Å². The van der Waals surface area contributed by atoms with Crippen LogP contribution in [0, 0.1) is 0 Å². The van der Waals surface area contributed by atoms with E-state index in [0.29, 0.717) is 0 Å². The molecule has 1 fully saturated rings. The lowest BCUT2D eigenvalue weighted by Gasteiger charge is -2.35. The summed E-state index contributed by atoms with van der Waals surface area (Å²) in [7, 11) is 4.02. The molecule has 1 saturated heterocycles. The molecule has 0 bridgehead atoms. The Morgan fingerprint density at radius 1 is 1.08 bits per heavy atom. The van der Waals surface area contributed by atoms with Crippen molar-refractivity contribution in [3.63, 3.8) is 0 Å². The van der Waals surface area contributed by atoms with Crippen LogP contribution in [0.25, 0.3) is 0 Å². The first kappa shape index (κ1) is 18.8. The topological polar surface area (TPSA) is 38.8 Å². The quantitative estimate of drug-likeness (QED) is 0.816. The van der Waals surface area contributed by atoms with E-state index in [0.717, 1.165) is 44.1 Å². The first-order valence-electron chi connectivity index (χ1n) is 9.85. The predicted octanol–water partition coefficient (Wildman–Crippen LogP) is 3.79. The van der Waals surface area contributed by atoms with Gasteiger partial charge in [-0.05, 0) is 56.4 Å². The average molecular weight is 357 g/mol. The van der Waals surface area contributed by atoms with Gasteiger partial charge in [0.1, 0.15) is 0 Å². The van der Waals surface area contributed by atoms with E-state index in [-0.39, 0.29) is 6.03 Å². The van der Waals surface area contributed by atoms with Crippen LogP contribution in [-0.4, -0.2) is 62.7 Å². The molecule has 5 heteroatoms. The molecule has 0 spiro atoms. The summed E-state index contributed by atoms with van der Waals surface area (Å²) in [5.74, 6) is 0. The van der Waals surface area contributed by atoms with Crippen LogP contribution >= 0.6 is 0 Å². The van der Waals surface area contributed by atoms with Crippen molar-refractivity contribution in [2.24, 2.45) is 0 Å². The normalized spacial score (nSPS) is 18.4. The molecule has 0 radical (unpaired) electrons. The first-order chi connectivity index (χ1) is 12.6. The third-order valence-corrected chi connectivity index (χ3v) is 5.43. The summed E-state index contributed by atoms with van der Waals surface area (Å²) >= 11 is 0. The van der Waals surface area contributed by atoms with Crippen molar-refractivity contribution in [3.05, 3.63) is 35.9 Å². The number of anilines is 2. The van der Waals surface area contributed by atoms with Crippen molar-refractivity contribution in [1.82, 2.24) is 9.80 Å². The number of nitrogens with one attached hydrogen (secondary N) is 1. The number of piperazine rings is 1. The van der Waals surface area contributed by atoms with Crippen LogP contribution in [0.3, 0.4) is 0 Å². The van der Waals surface area contributed by atoms with Gasteiger partial charge in [-0.3, -0.25) is 4.90 Å². The van der Waals surface area contributed by atoms with Crippen LogP contribution in [0.2, 0.25) is 0 Å². The number of allylic oxidation sites excluding steroid dienone is 1. The number of rotatable bonds is 5. The van der Waals surface area contributed by atoms with Crippen molar-refractivity contribution in [3.8, 4) is 0 Å². The van der Waals surface area contributed by atoms with E-state index < -0.39 is 0 Å². The van der Waals surface area contributed by atoms with Crippen LogP contribution in [0.4, 0.5) is 16.2 Å². The van der Waals surface area contributed by atoms with Crippen molar-refractivity contribution in [2.75, 3.05) is 57.0 Å². The predicted molar refractivity (Wildman–Crippen MR) is 109 cm³/mol. The largest absolute Gasteiger partial charge is 0.378 e. The van der Waals surface area contributed by atoms with Crippen LogP contribution in [0.1, 0.15) is 32.1 Å². The molecule has 0 saturated carbocycles. The molecule has 142 valence electrons. The summed E-state index contributed by atoms with van der Waals surface area (Å²) in [4.78, 5) is 18.9. The maximum atomic E-state index is 12.5. The SMILES string of the molecule is CN(C)c1ccc(NC(=O)N2CCN(CCC3=CCCCC3)CC2)cc1. The third kappa shape index (κ3) is 5.24. The number of benzene rings is 1. The Labute approximate surface area is 157 Å². The fraction of sp³-hybridized carbons (Fsp3) is 0.571. The molecular formula is C21H32N4O. The number of hydrogen-bond acceptors (Lipinski definition) is 3. The maximum Gasteiger partial charge on any atom is 0.321 e. The lowest BCUT2D eigenvalue weighted by molar-refractivity contribution is 0.148. The van der Waals surface area contributed by atoms with Gasteiger partial charge in [-0.25, -0.2) is 4.79 Å². The Morgan fingerprint density at radius 2 is 1.81 bits per heavy atom. The van der Waals surface area contributed by atoms with E-state index in [1.807, 2.05) is 48.2 Å². The average Bonchev–Trinajstić information content (AvgIpc) is 2.68. The van der Waals surface area contributed by atoms with E-state index in [1.165, 1.54) is 32.1 Å². The minimum atomic E-state index is 0.0113. The minimum absolute atomic E-state index is 0.0113. The van der Waals surface area contributed by atoms with Gasteiger partial charge in [-0.2, -0.15) is 0 Å². The fourth-order valence-corrected chi connectivity index (χ4v) is 3.65. The van der Waals surface area contributed by atoms with Crippen molar-refractivity contribution >= 4 is 17.4 Å². The van der Waals surface area contributed by atoms with E-state index in [9.17, 15) is 4.79 Å². The van der Waals surface area contributed by atoms with Crippen LogP contribution in [0.15, 0.2) is 35.9 Å². The maximum absolute atomic E-state index is 12.5. The Bertz CT molecular complexity index is 615. The van der Waals surface area contributed by atoms with Gasteiger partial charge in [0.15, 0.2) is 0 Å². The highest BCUT2D eigenvalue weighted by atomic mass is 16.2. The second-order valence-electron chi connectivity index (χ2n) is 7.56. The standard InChI is InChI=1S/C21H32N4O/c1-23(2)20-10-8-19(9-11-20)22-21(26)25-16-14-24(15-17-25)13-12-18-6-4-3-5-7-18/h6,8-11H,3-5,7,12-17H2,1-2H3,(H,22,26). The number of carbonyl (C=O) groups excluding carboxylic acids is 1. The molecular weight excluding hydrogens is 324 g/mol. The molecule has 1 N–H and O–H groups in total. The highest BCUT2D eigenvalue weighted by molar-refractivity contribution is 5.89. The second kappa shape index (κ2) is 9.08. The molecule has 26 heavy (non-hydrogen) atoms. The van der Waals surface area contributed by atoms with Gasteiger partial charge in [0.25, 0.3) is 0 Å². The van der Waals surface area contributed by atoms with Gasteiger partial charge < -0.3 is 15.1 Å². The zero-order valence-corrected chi connectivity index (χ0v) is 16.2. The van der Waals surface area contributed by atoms with Crippen molar-refractivity contribution in [1.29, 1.82) is 0 Å². The van der Waals surface area contributed by atoms with E-state index >= 15 is 0 Å². The van der Waals surface area contributed by atoms with Crippen molar-refractivity contribution < 1.29 is 4.79 Å². The Kier molecular flexibility index (Phi) is 6.56. The van der Waals surface area contributed by atoms with Gasteiger partial charge in [0, 0.05) is 58.2 Å². The van der Waals surface area contributed by atoms with Crippen molar-refractivity contribution in [2.45, 2.75) is 32.1 Å². The molecule has 1 aliphatic heterocycles. The van der Waals surface area contributed by atoms with E-state index in [1.54, 1.807) is 5.57 Å². The van der Waals surface area contributed by atoms with Gasteiger partial charge in [-0.1, -0.05) is 11.6 Å². The first-order valence-corrected chi connectivity index (χ1v) is 9.85. The highest BCUT2D eigenvalue weighted by Crippen LogP contribution is 2.21. The second-order valence-corrected chi connectivity index (χ2v) is 7.56. The number of urea groups is 1. The molecule has 1 heterocycles. The number of hydrogen-bond donors (Lipinski definition) is 1. The zero-order valence-electron chi connectivity index (χ0n) is 16.2. The van der Waals surface area contributed by atoms with Gasteiger partial charge >= 0.3 is 6.03 Å². The van der Waals surface area contributed by atoms with Crippen LogP contribution in [-0.2, 0) is 0 Å². The highest BCUT2D eigenvalue weighted by Gasteiger charge is 2.21. The Morgan fingerprint density at radius 3 is 2.42 bits per heavy atom. The molecule has 1 aromatic carbocycles. The van der Waals surface area contributed by atoms with E-state index in [2.05, 4.69) is 16.3 Å². The smallest absolute Gasteiger partial charge is 0.321 e. The summed E-state index contributed by atoms with van der Waals surface area (Å²) in [6, 6.07) is 7.97. The fourth-order valence-electron chi connectivity index (χ4n) is 3.65. The Hall–Kier alpha value is -2.01. The number of nitrogens with zero attached hydrogens (tertiary/aromatic N) is 3. The minimum Gasteiger partial charge on any atom is -0.378 e. The molecule has 2 amide bonds. The third-order valence-electron chi connectivity index (χ3n) is 5.43. The lowest BCUT2D eigenvalue weighted by Crippen LogP contribution is -2.50. The molecule has 1 aromatic rings. The molecule has 0 unspecified atom stereocenters. The Balaban J connectivity index is 1.41. The summed E-state index contributed by atoms with van der Waals surface area (Å²) < 4.78 is 0. The molecule has 0 atom stereocenters. The van der Waals surface area contributed by atoms with Crippen LogP contribution in [0.5, 0.6) is 0 Å². The molecule has 1 aliphatic carbocycles. The van der Waals surface area contributed by atoms with Gasteiger partial charge in [0.05, 0.1) is 0 Å². The van der Waals surface area contributed by atoms with E-state index in [4.69, 9.17) is 0 Å².